The van der Waals surface area contributed by atoms with Crippen LogP contribution in [0.2, 0.25) is 0 Å². The average Bonchev–Trinajstić information content (AvgIpc) is 3.03. The van der Waals surface area contributed by atoms with Crippen LogP contribution in [0, 0.1) is 4.77 Å². The monoisotopic (exact) mass is 346 g/mol. The van der Waals surface area contributed by atoms with Crippen LogP contribution in [-0.2, 0) is 7.05 Å². The molecule has 1 aliphatic heterocycles. The molecule has 126 valence electrons. The Kier molecular flexibility index (Phi) is 4.39. The van der Waals surface area contributed by atoms with Gasteiger partial charge in [0, 0.05) is 13.5 Å². The van der Waals surface area contributed by atoms with Crippen LogP contribution >= 0.6 is 12.2 Å². The highest BCUT2D eigenvalue weighted by molar-refractivity contribution is 7.71. The van der Waals surface area contributed by atoms with Crippen molar-refractivity contribution < 1.29 is 9.84 Å². The highest BCUT2D eigenvalue weighted by Crippen LogP contribution is 2.27. The second kappa shape index (κ2) is 6.48. The number of nitrogens with zero attached hydrogens (tertiary/aromatic N) is 2. The SMILES string of the molecule is CCOc1ccc(C2CC(c3c(O)n(C)c(=S)[nH]c3=O)=NN2)cc1. The fourth-order valence-electron chi connectivity index (χ4n) is 2.62. The second-order valence-electron chi connectivity index (χ2n) is 5.46. The number of hydrazone groups is 1. The summed E-state index contributed by atoms with van der Waals surface area (Å²) < 4.78 is 6.94. The van der Waals surface area contributed by atoms with Crippen molar-refractivity contribution in [3.8, 4) is 11.6 Å². The molecule has 0 saturated carbocycles. The number of nitrogens with one attached hydrogen (secondary N) is 2. The molecular formula is C16H18N4O3S. The molecule has 0 saturated heterocycles. The van der Waals surface area contributed by atoms with Crippen LogP contribution in [0.3, 0.4) is 0 Å². The maximum Gasteiger partial charge on any atom is 0.264 e. The topological polar surface area (TPSA) is 91.6 Å². The third-order valence-corrected chi connectivity index (χ3v) is 4.30. The zero-order chi connectivity index (χ0) is 17.3. The van der Waals surface area contributed by atoms with Crippen LogP contribution < -0.4 is 15.7 Å². The minimum absolute atomic E-state index is 0.0667. The van der Waals surface area contributed by atoms with Crippen molar-refractivity contribution in [3.63, 3.8) is 0 Å². The highest BCUT2D eigenvalue weighted by atomic mass is 32.1. The first-order valence-electron chi connectivity index (χ1n) is 7.58. The highest BCUT2D eigenvalue weighted by Gasteiger charge is 2.26. The molecule has 0 amide bonds. The predicted octanol–water partition coefficient (Wildman–Crippen LogP) is 1.99. The Morgan fingerprint density at radius 2 is 2.12 bits per heavy atom. The van der Waals surface area contributed by atoms with Gasteiger partial charge in [-0.15, -0.1) is 0 Å². The smallest absolute Gasteiger partial charge is 0.264 e. The minimum Gasteiger partial charge on any atom is -0.494 e. The van der Waals surface area contributed by atoms with Gasteiger partial charge in [0.05, 0.1) is 18.4 Å². The fourth-order valence-corrected chi connectivity index (χ4v) is 2.80. The quantitative estimate of drug-likeness (QED) is 0.737. The van der Waals surface area contributed by atoms with Crippen molar-refractivity contribution >= 4 is 17.9 Å². The molecule has 0 radical (unpaired) electrons. The third-order valence-electron chi connectivity index (χ3n) is 3.93. The molecule has 2 aromatic rings. The van der Waals surface area contributed by atoms with E-state index in [2.05, 4.69) is 15.5 Å². The van der Waals surface area contributed by atoms with Gasteiger partial charge in [-0.1, -0.05) is 12.1 Å². The van der Waals surface area contributed by atoms with Crippen molar-refractivity contribution in [2.24, 2.45) is 12.1 Å². The molecule has 8 heteroatoms. The Morgan fingerprint density at radius 1 is 1.42 bits per heavy atom. The number of benzene rings is 1. The van der Waals surface area contributed by atoms with Crippen LogP contribution in [0.1, 0.15) is 30.5 Å². The number of H-pyrrole nitrogens is 1. The van der Waals surface area contributed by atoms with Gasteiger partial charge in [0.15, 0.2) is 4.77 Å². The molecule has 0 spiro atoms. The van der Waals surface area contributed by atoms with Crippen molar-refractivity contribution in [1.29, 1.82) is 0 Å². The molecule has 1 aromatic carbocycles. The van der Waals surface area contributed by atoms with Gasteiger partial charge in [0.25, 0.3) is 5.56 Å². The van der Waals surface area contributed by atoms with E-state index in [4.69, 9.17) is 17.0 Å². The Labute approximate surface area is 143 Å². The van der Waals surface area contributed by atoms with E-state index in [1.54, 1.807) is 7.05 Å². The number of aromatic hydroxyl groups is 1. The molecule has 1 aromatic heterocycles. The van der Waals surface area contributed by atoms with Gasteiger partial charge < -0.3 is 15.3 Å². The maximum absolute atomic E-state index is 12.1. The maximum atomic E-state index is 12.1. The lowest BCUT2D eigenvalue weighted by Crippen LogP contribution is -2.21. The first-order valence-corrected chi connectivity index (χ1v) is 7.99. The van der Waals surface area contributed by atoms with Crippen LogP contribution in [0.4, 0.5) is 0 Å². The van der Waals surface area contributed by atoms with E-state index in [-0.39, 0.29) is 22.3 Å². The van der Waals surface area contributed by atoms with E-state index in [1.165, 1.54) is 4.57 Å². The minimum atomic E-state index is -0.441. The molecule has 0 aliphatic carbocycles. The summed E-state index contributed by atoms with van der Waals surface area (Å²) in [6.07, 6.45) is 0.487. The van der Waals surface area contributed by atoms with Gasteiger partial charge in [-0.25, -0.2) is 0 Å². The van der Waals surface area contributed by atoms with Gasteiger partial charge in [0.2, 0.25) is 5.88 Å². The van der Waals surface area contributed by atoms with Gasteiger partial charge in [-0.05, 0) is 36.8 Å². The molecular weight excluding hydrogens is 328 g/mol. The Hall–Kier alpha value is -2.61. The standard InChI is InChI=1S/C16H18N4O3S/c1-3-23-10-6-4-9(5-7-10)11-8-12(19-18-11)13-14(21)17-16(24)20(2)15(13)22/h4-7,11,18,22H,3,8H2,1-2H3,(H,17,21,24). The molecule has 24 heavy (non-hydrogen) atoms. The van der Waals surface area contributed by atoms with Gasteiger partial charge in [-0.3, -0.25) is 14.3 Å². The summed E-state index contributed by atoms with van der Waals surface area (Å²) in [7, 11) is 1.59. The average molecular weight is 346 g/mol. The van der Waals surface area contributed by atoms with E-state index < -0.39 is 5.56 Å². The number of hydrogen-bond donors (Lipinski definition) is 3. The fraction of sp³-hybridized carbons (Fsp3) is 0.312. The summed E-state index contributed by atoms with van der Waals surface area (Å²) >= 11 is 4.98. The number of aromatic nitrogens is 2. The largest absolute Gasteiger partial charge is 0.494 e. The molecule has 1 atom stereocenters. The summed E-state index contributed by atoms with van der Waals surface area (Å²) in [6.45, 7) is 2.55. The van der Waals surface area contributed by atoms with Crippen LogP contribution in [-0.4, -0.2) is 27.0 Å². The van der Waals surface area contributed by atoms with Crippen molar-refractivity contribution in [2.75, 3.05) is 6.61 Å². The van der Waals surface area contributed by atoms with Gasteiger partial charge >= 0.3 is 0 Å². The lowest BCUT2D eigenvalue weighted by molar-refractivity contribution is 0.340. The lowest BCUT2D eigenvalue weighted by Gasteiger charge is -2.11. The Balaban J connectivity index is 1.84. The number of ether oxygens (including phenoxy) is 1. The second-order valence-corrected chi connectivity index (χ2v) is 5.85. The van der Waals surface area contributed by atoms with Crippen LogP contribution in [0.5, 0.6) is 11.6 Å². The third kappa shape index (κ3) is 2.92. The lowest BCUT2D eigenvalue weighted by atomic mass is 10.00. The Bertz CT molecular complexity index is 899. The Morgan fingerprint density at radius 3 is 2.79 bits per heavy atom. The zero-order valence-corrected chi connectivity index (χ0v) is 14.2. The number of rotatable bonds is 4. The summed E-state index contributed by atoms with van der Waals surface area (Å²) in [5.41, 5.74) is 4.24. The first-order chi connectivity index (χ1) is 11.5. The molecule has 1 unspecified atom stereocenters. The molecule has 1 aliphatic rings. The van der Waals surface area contributed by atoms with Crippen LogP contribution in [0.25, 0.3) is 0 Å². The molecule has 0 bridgehead atoms. The van der Waals surface area contributed by atoms with Gasteiger partial charge in [0.1, 0.15) is 11.3 Å². The van der Waals surface area contributed by atoms with E-state index >= 15 is 0 Å². The summed E-state index contributed by atoms with van der Waals surface area (Å²) in [4.78, 5) is 14.7. The molecule has 0 fully saturated rings. The van der Waals surface area contributed by atoms with Gasteiger partial charge in [-0.2, -0.15) is 5.10 Å². The van der Waals surface area contributed by atoms with Crippen molar-refractivity contribution in [2.45, 2.75) is 19.4 Å². The van der Waals surface area contributed by atoms with Crippen molar-refractivity contribution in [1.82, 2.24) is 15.0 Å². The van der Waals surface area contributed by atoms with E-state index in [0.29, 0.717) is 18.7 Å². The molecule has 3 rings (SSSR count). The number of aromatic amines is 1. The summed E-state index contributed by atoms with van der Waals surface area (Å²) in [6, 6.07) is 7.64. The van der Waals surface area contributed by atoms with E-state index in [0.717, 1.165) is 11.3 Å². The molecule has 2 heterocycles. The molecule has 7 nitrogen and oxygen atoms in total. The van der Waals surface area contributed by atoms with Crippen LogP contribution in [0.15, 0.2) is 34.2 Å². The normalized spacial score (nSPS) is 16.6. The van der Waals surface area contributed by atoms with Crippen molar-refractivity contribution in [3.05, 3.63) is 50.5 Å². The first kappa shape index (κ1) is 16.3. The summed E-state index contributed by atoms with van der Waals surface area (Å²) in [5.74, 6) is 0.624. The molecule has 3 N–H and O–H groups in total. The number of hydrogen-bond acceptors (Lipinski definition) is 6. The zero-order valence-electron chi connectivity index (χ0n) is 13.4. The predicted molar refractivity (Wildman–Crippen MR) is 93.2 cm³/mol. The summed E-state index contributed by atoms with van der Waals surface area (Å²) in [5, 5.41) is 14.4. The van der Waals surface area contributed by atoms with E-state index in [1.807, 2.05) is 31.2 Å². The van der Waals surface area contributed by atoms with E-state index in [9.17, 15) is 9.90 Å².